The minimum Gasteiger partial charge on any atom is -0.396 e. The quantitative estimate of drug-likeness (QED) is 0.269. The van der Waals surface area contributed by atoms with E-state index in [1.807, 2.05) is 24.3 Å². The fraction of sp³-hybridized carbons (Fsp3) is 0.758. The Morgan fingerprint density at radius 2 is 1.56 bits per heavy atom. The van der Waals surface area contributed by atoms with Crippen LogP contribution in [0.1, 0.15) is 89.2 Å². The number of alkyl halides is 5. The van der Waals surface area contributed by atoms with Crippen LogP contribution < -0.4 is 0 Å². The van der Waals surface area contributed by atoms with Crippen LogP contribution in [0.4, 0.5) is 22.0 Å². The van der Waals surface area contributed by atoms with Crippen molar-refractivity contribution in [2.75, 3.05) is 19.8 Å². The zero-order chi connectivity index (χ0) is 31.3. The van der Waals surface area contributed by atoms with Crippen LogP contribution in [0.2, 0.25) is 0 Å². The third-order valence-electron chi connectivity index (χ3n) is 11.7. The number of hydrogen-bond donors (Lipinski definition) is 3. The highest BCUT2D eigenvalue weighted by atomic mass is 19.4. The van der Waals surface area contributed by atoms with Crippen molar-refractivity contribution in [2.45, 2.75) is 114 Å². The number of halogens is 5. The highest BCUT2D eigenvalue weighted by molar-refractivity contribution is 5.44. The third kappa shape index (κ3) is 4.64. The first-order valence-electron chi connectivity index (χ1n) is 15.5. The number of aliphatic hydroxyl groups excluding tert-OH is 1. The van der Waals surface area contributed by atoms with Crippen molar-refractivity contribution in [3.63, 3.8) is 0 Å². The minimum atomic E-state index is -5.89. The maximum absolute atomic E-state index is 15.2. The van der Waals surface area contributed by atoms with Crippen molar-refractivity contribution < 1.29 is 46.7 Å². The Morgan fingerprint density at radius 3 is 2.16 bits per heavy atom. The number of fused-ring (bicyclic) bond motifs is 4. The lowest BCUT2D eigenvalue weighted by atomic mass is 9.49. The number of rotatable bonds is 4. The van der Waals surface area contributed by atoms with Crippen molar-refractivity contribution in [1.82, 2.24) is 0 Å². The van der Waals surface area contributed by atoms with E-state index in [-0.39, 0.29) is 37.2 Å². The summed E-state index contributed by atoms with van der Waals surface area (Å²) >= 11 is 0. The normalized spacial score (nSPS) is 38.9. The average molecular weight is 615 g/mol. The van der Waals surface area contributed by atoms with Gasteiger partial charge in [-0.1, -0.05) is 50.6 Å². The van der Waals surface area contributed by atoms with Crippen LogP contribution in [0.3, 0.4) is 0 Å². The highest BCUT2D eigenvalue weighted by Gasteiger charge is 2.79. The molecule has 1 aromatic carbocycles. The molecule has 0 aromatic heterocycles. The van der Waals surface area contributed by atoms with Gasteiger partial charge in [0.25, 0.3) is 0 Å². The van der Waals surface area contributed by atoms with Crippen LogP contribution in [0, 0.1) is 22.7 Å². The Kier molecular flexibility index (Phi) is 7.27. The number of aliphatic hydroxyl groups is 3. The second kappa shape index (κ2) is 9.95. The van der Waals surface area contributed by atoms with Gasteiger partial charge >= 0.3 is 12.1 Å². The van der Waals surface area contributed by atoms with Crippen LogP contribution in [0.5, 0.6) is 0 Å². The molecule has 43 heavy (non-hydrogen) atoms. The standard InChI is InChI=1S/C33H43F5O5/c1-27(2)18-42-30(43-19-27)13-9-25-26-22(8-12-29(25,40)17-30)24-10-14-31(41,32(34,35)33(36,37)38)28(24,3)16-23(26)21-6-4-20(5-7-21)11-15-39/h4-7,22-24,39-41H,8-19H2,1-3H3/t22-,23+,24-,28-,29+,31-/m0/s1. The van der Waals surface area contributed by atoms with Crippen molar-refractivity contribution in [1.29, 1.82) is 0 Å². The fourth-order valence-corrected chi connectivity index (χ4v) is 9.35. The van der Waals surface area contributed by atoms with Crippen LogP contribution in [0.15, 0.2) is 35.4 Å². The molecule has 240 valence electrons. The van der Waals surface area contributed by atoms with Gasteiger partial charge in [-0.15, -0.1) is 0 Å². The van der Waals surface area contributed by atoms with E-state index in [9.17, 15) is 28.5 Å². The van der Waals surface area contributed by atoms with E-state index < -0.39 is 52.8 Å². The molecule has 6 atom stereocenters. The first-order valence-corrected chi connectivity index (χ1v) is 15.5. The summed E-state index contributed by atoms with van der Waals surface area (Å²) in [6.07, 6.45) is -4.22. The zero-order valence-corrected chi connectivity index (χ0v) is 25.1. The summed E-state index contributed by atoms with van der Waals surface area (Å²) in [5.74, 6) is -7.71. The Bertz CT molecular complexity index is 1270. The molecular formula is C33H43F5O5. The molecule has 3 N–H and O–H groups in total. The van der Waals surface area contributed by atoms with E-state index in [4.69, 9.17) is 9.47 Å². The topological polar surface area (TPSA) is 79.2 Å². The molecule has 0 amide bonds. The summed E-state index contributed by atoms with van der Waals surface area (Å²) in [7, 11) is 0. The molecule has 1 aromatic rings. The lowest BCUT2D eigenvalue weighted by Gasteiger charge is -2.59. The van der Waals surface area contributed by atoms with Gasteiger partial charge in [-0.3, -0.25) is 0 Å². The molecular weight excluding hydrogens is 571 g/mol. The Labute approximate surface area is 249 Å². The maximum Gasteiger partial charge on any atom is 0.456 e. The fourth-order valence-electron chi connectivity index (χ4n) is 9.35. The molecule has 1 saturated heterocycles. The molecule has 1 spiro atoms. The second-order valence-electron chi connectivity index (χ2n) is 14.9. The first-order chi connectivity index (χ1) is 19.9. The minimum absolute atomic E-state index is 0.0461. The molecule has 3 saturated carbocycles. The van der Waals surface area contributed by atoms with E-state index >= 15 is 8.78 Å². The van der Waals surface area contributed by atoms with Crippen LogP contribution >= 0.6 is 0 Å². The average Bonchev–Trinajstić information content (AvgIpc) is 3.21. The van der Waals surface area contributed by atoms with Gasteiger partial charge in [0.2, 0.25) is 0 Å². The Morgan fingerprint density at radius 1 is 0.907 bits per heavy atom. The summed E-state index contributed by atoms with van der Waals surface area (Å²) in [6.45, 7) is 6.46. The Balaban J connectivity index is 1.45. The molecule has 0 radical (unpaired) electrons. The molecule has 5 aliphatic rings. The predicted octanol–water partition coefficient (Wildman–Crippen LogP) is 6.44. The molecule has 6 rings (SSSR count). The lowest BCUT2D eigenvalue weighted by Crippen LogP contribution is -2.65. The van der Waals surface area contributed by atoms with E-state index in [1.54, 1.807) is 0 Å². The summed E-state index contributed by atoms with van der Waals surface area (Å²) in [6, 6.07) is 7.35. The third-order valence-corrected chi connectivity index (χ3v) is 11.7. The number of allylic oxidation sites excluding steroid dienone is 1. The van der Waals surface area contributed by atoms with Gasteiger partial charge in [0.15, 0.2) is 5.79 Å². The summed E-state index contributed by atoms with van der Waals surface area (Å²) in [5, 5.41) is 33.1. The van der Waals surface area contributed by atoms with Gasteiger partial charge in [0, 0.05) is 36.2 Å². The van der Waals surface area contributed by atoms with Crippen LogP contribution in [0.25, 0.3) is 0 Å². The molecule has 0 unspecified atom stereocenters. The SMILES string of the molecule is CC1(C)COC2(CCC3=C4[C@@H](CC[C@@]3(O)C2)[C@@H]2CC[C@@](O)(C(F)(F)C(F)(F)F)[C@@]2(C)C[C@@H]4c2ccc(CCO)cc2)OC1. The van der Waals surface area contributed by atoms with Crippen molar-refractivity contribution in [2.24, 2.45) is 22.7 Å². The lowest BCUT2D eigenvalue weighted by molar-refractivity contribution is -0.362. The van der Waals surface area contributed by atoms with Gasteiger partial charge in [0.1, 0.15) is 5.60 Å². The number of benzene rings is 1. The van der Waals surface area contributed by atoms with Crippen molar-refractivity contribution in [3.8, 4) is 0 Å². The largest absolute Gasteiger partial charge is 0.456 e. The number of ether oxygens (including phenoxy) is 2. The van der Waals surface area contributed by atoms with E-state index in [1.165, 1.54) is 6.92 Å². The van der Waals surface area contributed by atoms with Crippen LogP contribution in [-0.4, -0.2) is 64.2 Å². The molecule has 1 aliphatic heterocycles. The van der Waals surface area contributed by atoms with Gasteiger partial charge in [-0.2, -0.15) is 22.0 Å². The first kappa shape index (κ1) is 31.4. The van der Waals surface area contributed by atoms with Gasteiger partial charge < -0.3 is 24.8 Å². The van der Waals surface area contributed by atoms with Crippen LogP contribution in [-0.2, 0) is 15.9 Å². The summed E-state index contributed by atoms with van der Waals surface area (Å²) < 4.78 is 84.5. The van der Waals surface area contributed by atoms with E-state index in [0.717, 1.165) is 22.3 Å². The van der Waals surface area contributed by atoms with E-state index in [0.29, 0.717) is 45.3 Å². The molecule has 0 bridgehead atoms. The molecule has 10 heteroatoms. The van der Waals surface area contributed by atoms with Crippen molar-refractivity contribution in [3.05, 3.63) is 46.5 Å². The van der Waals surface area contributed by atoms with Crippen molar-refractivity contribution >= 4 is 0 Å². The smallest absolute Gasteiger partial charge is 0.396 e. The Hall–Kier alpha value is -1.59. The van der Waals surface area contributed by atoms with E-state index in [2.05, 4.69) is 13.8 Å². The molecule has 4 aliphatic carbocycles. The maximum atomic E-state index is 15.2. The van der Waals surface area contributed by atoms with Gasteiger partial charge in [-0.25, -0.2) is 0 Å². The molecule has 4 fully saturated rings. The molecule has 5 nitrogen and oxygen atoms in total. The predicted molar refractivity (Wildman–Crippen MR) is 148 cm³/mol. The highest BCUT2D eigenvalue weighted by Crippen LogP contribution is 2.71. The van der Waals surface area contributed by atoms with Gasteiger partial charge in [0.05, 0.1) is 18.8 Å². The second-order valence-corrected chi connectivity index (χ2v) is 14.9. The summed E-state index contributed by atoms with van der Waals surface area (Å²) in [4.78, 5) is 0. The zero-order valence-electron chi connectivity index (χ0n) is 25.1. The number of hydrogen-bond acceptors (Lipinski definition) is 5. The monoisotopic (exact) mass is 614 g/mol. The molecule has 1 heterocycles. The van der Waals surface area contributed by atoms with Gasteiger partial charge in [-0.05, 0) is 73.5 Å². The summed E-state index contributed by atoms with van der Waals surface area (Å²) in [5.41, 5.74) is -3.00.